The van der Waals surface area contributed by atoms with Crippen LogP contribution in [0.3, 0.4) is 0 Å². The molecule has 1 heterocycles. The summed E-state index contributed by atoms with van der Waals surface area (Å²) in [4.78, 5) is 48.9. The highest BCUT2D eigenvalue weighted by Crippen LogP contribution is 2.27. The average molecular weight is 498 g/mol. The predicted molar refractivity (Wildman–Crippen MR) is 130 cm³/mol. The second kappa shape index (κ2) is 10.5. The minimum Gasteiger partial charge on any atom is -0.465 e. The molecule has 0 aliphatic heterocycles. The van der Waals surface area contributed by atoms with Crippen LogP contribution in [0.25, 0.3) is 11.0 Å². The standard InChI is InChI=1S/C26H27NO9/c1-14(27-25(31)36-26(3,4)5)23(29)35-18-11-12-19-20(13-18)33-15(2)22(21(19)28)34-17-9-7-16(8-10-17)24(30)32-6/h7-14H,1-6H3,(H,27,31)/t14-/m1/s1. The van der Waals surface area contributed by atoms with Crippen LogP contribution in [0.4, 0.5) is 4.79 Å². The van der Waals surface area contributed by atoms with Crippen molar-refractivity contribution in [3.63, 3.8) is 0 Å². The van der Waals surface area contributed by atoms with Gasteiger partial charge in [0.2, 0.25) is 11.2 Å². The Balaban J connectivity index is 1.76. The molecular formula is C26H27NO9. The molecule has 0 saturated heterocycles. The maximum absolute atomic E-state index is 13.0. The number of hydrogen-bond acceptors (Lipinski definition) is 9. The van der Waals surface area contributed by atoms with Gasteiger partial charge in [0.25, 0.3) is 0 Å². The van der Waals surface area contributed by atoms with Crippen molar-refractivity contribution in [2.45, 2.75) is 46.3 Å². The van der Waals surface area contributed by atoms with Gasteiger partial charge in [-0.15, -0.1) is 0 Å². The van der Waals surface area contributed by atoms with E-state index in [0.29, 0.717) is 11.3 Å². The minimum atomic E-state index is -0.981. The molecule has 3 rings (SSSR count). The number of benzene rings is 2. The van der Waals surface area contributed by atoms with Crippen molar-refractivity contribution in [1.82, 2.24) is 5.32 Å². The second-order valence-corrected chi connectivity index (χ2v) is 8.88. The highest BCUT2D eigenvalue weighted by atomic mass is 16.6. The number of aryl methyl sites for hydroxylation is 1. The fourth-order valence-electron chi connectivity index (χ4n) is 3.09. The lowest BCUT2D eigenvalue weighted by Crippen LogP contribution is -2.43. The Bertz CT molecular complexity index is 1350. The first-order valence-corrected chi connectivity index (χ1v) is 11.0. The number of hydrogen-bond donors (Lipinski definition) is 1. The molecule has 1 amide bonds. The van der Waals surface area contributed by atoms with Crippen LogP contribution in [0.5, 0.6) is 17.2 Å². The molecule has 0 unspecified atom stereocenters. The summed E-state index contributed by atoms with van der Waals surface area (Å²) in [5.41, 5.74) is -0.617. The maximum atomic E-state index is 13.0. The Morgan fingerprint density at radius 1 is 1.00 bits per heavy atom. The number of amides is 1. The molecule has 1 atom stereocenters. The second-order valence-electron chi connectivity index (χ2n) is 8.88. The van der Waals surface area contributed by atoms with E-state index >= 15 is 0 Å². The summed E-state index contributed by atoms with van der Waals surface area (Å²) in [5, 5.41) is 2.61. The number of nitrogens with one attached hydrogen (secondary N) is 1. The fourth-order valence-corrected chi connectivity index (χ4v) is 3.09. The zero-order valence-corrected chi connectivity index (χ0v) is 20.8. The molecule has 1 aromatic heterocycles. The lowest BCUT2D eigenvalue weighted by Gasteiger charge is -2.21. The summed E-state index contributed by atoms with van der Waals surface area (Å²) in [5.74, 6) is -0.584. The largest absolute Gasteiger partial charge is 0.465 e. The number of methoxy groups -OCH3 is 1. The first-order chi connectivity index (χ1) is 16.9. The van der Waals surface area contributed by atoms with Gasteiger partial charge in [-0.25, -0.2) is 14.4 Å². The zero-order valence-electron chi connectivity index (χ0n) is 20.8. The van der Waals surface area contributed by atoms with Crippen LogP contribution in [0, 0.1) is 6.92 Å². The Kier molecular flexibility index (Phi) is 7.67. The van der Waals surface area contributed by atoms with Gasteiger partial charge in [0.1, 0.15) is 34.5 Å². The third-order valence-corrected chi connectivity index (χ3v) is 4.79. The Hall–Kier alpha value is -4.34. The summed E-state index contributed by atoms with van der Waals surface area (Å²) in [6.07, 6.45) is -0.750. The Morgan fingerprint density at radius 2 is 1.64 bits per heavy atom. The number of esters is 2. The van der Waals surface area contributed by atoms with Gasteiger partial charge in [0, 0.05) is 6.07 Å². The van der Waals surface area contributed by atoms with Crippen molar-refractivity contribution in [2.24, 2.45) is 0 Å². The lowest BCUT2D eigenvalue weighted by molar-refractivity contribution is -0.136. The van der Waals surface area contributed by atoms with Crippen LogP contribution in [-0.4, -0.2) is 36.8 Å². The number of rotatable bonds is 6. The van der Waals surface area contributed by atoms with E-state index in [2.05, 4.69) is 10.1 Å². The predicted octanol–water partition coefficient (Wildman–Crippen LogP) is 4.50. The molecule has 0 saturated carbocycles. The van der Waals surface area contributed by atoms with Crippen LogP contribution >= 0.6 is 0 Å². The first kappa shape index (κ1) is 26.3. The van der Waals surface area contributed by atoms with Gasteiger partial charge >= 0.3 is 18.0 Å². The zero-order chi connectivity index (χ0) is 26.6. The van der Waals surface area contributed by atoms with E-state index in [-0.39, 0.29) is 28.2 Å². The highest BCUT2D eigenvalue weighted by molar-refractivity contribution is 5.89. The van der Waals surface area contributed by atoms with Crippen molar-refractivity contribution in [2.75, 3.05) is 7.11 Å². The SMILES string of the molecule is COC(=O)c1ccc(Oc2c(C)oc3cc(OC(=O)[C@@H](C)NC(=O)OC(C)(C)C)ccc3c2=O)cc1. The molecule has 0 aliphatic carbocycles. The Labute approximate surface area is 207 Å². The quantitative estimate of drug-likeness (QED) is 0.386. The molecular weight excluding hydrogens is 470 g/mol. The van der Waals surface area contributed by atoms with Crippen LogP contribution in [0.1, 0.15) is 43.8 Å². The van der Waals surface area contributed by atoms with E-state index in [4.69, 9.17) is 18.6 Å². The van der Waals surface area contributed by atoms with Gasteiger partial charge < -0.3 is 28.7 Å². The summed E-state index contributed by atoms with van der Waals surface area (Å²) in [6.45, 7) is 8.14. The summed E-state index contributed by atoms with van der Waals surface area (Å²) in [6, 6.07) is 9.39. The monoisotopic (exact) mass is 497 g/mol. The molecule has 0 radical (unpaired) electrons. The van der Waals surface area contributed by atoms with Crippen LogP contribution in [0.2, 0.25) is 0 Å². The first-order valence-electron chi connectivity index (χ1n) is 11.0. The van der Waals surface area contributed by atoms with E-state index in [9.17, 15) is 19.2 Å². The van der Waals surface area contributed by atoms with Gasteiger partial charge in [-0.2, -0.15) is 0 Å². The summed E-state index contributed by atoms with van der Waals surface area (Å²) >= 11 is 0. The third-order valence-electron chi connectivity index (χ3n) is 4.79. The van der Waals surface area contributed by atoms with Gasteiger partial charge in [0.15, 0.2) is 0 Å². The van der Waals surface area contributed by atoms with Gasteiger partial charge in [0.05, 0.1) is 18.1 Å². The molecule has 1 N–H and O–H groups in total. The van der Waals surface area contributed by atoms with Gasteiger partial charge in [-0.3, -0.25) is 4.79 Å². The molecule has 3 aromatic rings. The molecule has 0 fully saturated rings. The number of ether oxygens (including phenoxy) is 4. The molecule has 0 aliphatic rings. The number of carbonyl (C=O) groups is 3. The summed E-state index contributed by atoms with van der Waals surface area (Å²) in [7, 11) is 1.28. The minimum absolute atomic E-state index is 0.0201. The normalized spacial score (nSPS) is 11.9. The van der Waals surface area contributed by atoms with Crippen molar-refractivity contribution in [3.05, 3.63) is 64.0 Å². The average Bonchev–Trinajstić information content (AvgIpc) is 2.80. The summed E-state index contributed by atoms with van der Waals surface area (Å²) < 4.78 is 26.6. The van der Waals surface area contributed by atoms with Crippen LogP contribution in [-0.2, 0) is 14.3 Å². The van der Waals surface area contributed by atoms with Crippen LogP contribution in [0.15, 0.2) is 51.7 Å². The smallest absolute Gasteiger partial charge is 0.408 e. The van der Waals surface area contributed by atoms with Crippen molar-refractivity contribution < 1.29 is 37.7 Å². The van der Waals surface area contributed by atoms with E-state index in [1.54, 1.807) is 27.7 Å². The highest BCUT2D eigenvalue weighted by Gasteiger charge is 2.23. The lowest BCUT2D eigenvalue weighted by atomic mass is 10.2. The molecule has 0 spiro atoms. The molecule has 0 bridgehead atoms. The van der Waals surface area contributed by atoms with Crippen LogP contribution < -0.4 is 20.2 Å². The van der Waals surface area contributed by atoms with Crippen molar-refractivity contribution in [1.29, 1.82) is 0 Å². The molecule has 190 valence electrons. The van der Waals surface area contributed by atoms with Gasteiger partial charge in [-0.05, 0) is 71.0 Å². The van der Waals surface area contributed by atoms with E-state index in [0.717, 1.165) is 0 Å². The van der Waals surface area contributed by atoms with E-state index < -0.39 is 35.1 Å². The van der Waals surface area contributed by atoms with Gasteiger partial charge in [-0.1, -0.05) is 0 Å². The van der Waals surface area contributed by atoms with E-state index in [1.165, 1.54) is 56.5 Å². The molecule has 2 aromatic carbocycles. The topological polar surface area (TPSA) is 130 Å². The molecule has 10 nitrogen and oxygen atoms in total. The third kappa shape index (κ3) is 6.41. The molecule has 36 heavy (non-hydrogen) atoms. The fraction of sp³-hybridized carbons (Fsp3) is 0.308. The van der Waals surface area contributed by atoms with E-state index in [1.807, 2.05) is 0 Å². The van der Waals surface area contributed by atoms with Crippen molar-refractivity contribution >= 4 is 29.0 Å². The number of alkyl carbamates (subject to hydrolysis) is 1. The molecule has 10 heteroatoms. The maximum Gasteiger partial charge on any atom is 0.408 e. The number of carbonyl (C=O) groups excluding carboxylic acids is 3. The Morgan fingerprint density at radius 3 is 2.25 bits per heavy atom. The number of fused-ring (bicyclic) bond motifs is 1. The van der Waals surface area contributed by atoms with Crippen molar-refractivity contribution in [3.8, 4) is 17.2 Å².